The van der Waals surface area contributed by atoms with Gasteiger partial charge in [-0.3, -0.25) is 9.78 Å². The molecule has 0 aliphatic rings. The minimum atomic E-state index is -1.10. The number of anilines is 1. The van der Waals surface area contributed by atoms with Crippen LogP contribution in [0.1, 0.15) is 25.1 Å². The number of nitrogens with zero attached hydrogens (tertiary/aromatic N) is 2. The van der Waals surface area contributed by atoms with Crippen molar-refractivity contribution in [3.05, 3.63) is 52.9 Å². The molecular formula is C19H18ClN3O2. The lowest BCUT2D eigenvalue weighted by Gasteiger charge is -2.20. The van der Waals surface area contributed by atoms with Crippen molar-refractivity contribution in [1.29, 1.82) is 0 Å². The number of nitrogens with one attached hydrogen (secondary N) is 1. The Kier molecular flexibility index (Phi) is 4.45. The zero-order valence-electron chi connectivity index (χ0n) is 14.2. The van der Waals surface area contributed by atoms with Crippen molar-refractivity contribution < 1.29 is 9.90 Å². The van der Waals surface area contributed by atoms with Gasteiger partial charge in [0.25, 0.3) is 0 Å². The van der Waals surface area contributed by atoms with Gasteiger partial charge in [0.15, 0.2) is 0 Å². The van der Waals surface area contributed by atoms with Gasteiger partial charge in [0.1, 0.15) is 11.4 Å². The van der Waals surface area contributed by atoms with Gasteiger partial charge in [0.05, 0.1) is 10.7 Å². The zero-order valence-corrected chi connectivity index (χ0v) is 14.9. The van der Waals surface area contributed by atoms with Crippen LogP contribution in [-0.4, -0.2) is 21.5 Å². The monoisotopic (exact) mass is 355 g/mol. The van der Waals surface area contributed by atoms with Gasteiger partial charge in [-0.2, -0.15) is 0 Å². The van der Waals surface area contributed by atoms with E-state index in [1.807, 2.05) is 31.2 Å². The number of aromatic nitrogens is 2. The van der Waals surface area contributed by atoms with E-state index in [0.29, 0.717) is 22.9 Å². The van der Waals surface area contributed by atoms with Crippen molar-refractivity contribution in [2.75, 3.05) is 5.32 Å². The highest BCUT2D eigenvalue weighted by atomic mass is 35.5. The number of pyridine rings is 2. The molecule has 3 aromatic rings. The van der Waals surface area contributed by atoms with E-state index in [9.17, 15) is 9.90 Å². The Morgan fingerprint density at radius 2 is 1.92 bits per heavy atom. The molecule has 1 amide bonds. The Morgan fingerprint density at radius 3 is 2.60 bits per heavy atom. The second-order valence-corrected chi connectivity index (χ2v) is 6.79. The van der Waals surface area contributed by atoms with Crippen LogP contribution in [-0.2, 0) is 10.4 Å². The largest absolute Gasteiger partial charge is 0.384 e. The van der Waals surface area contributed by atoms with Crippen LogP contribution in [0.5, 0.6) is 0 Å². The molecule has 0 saturated heterocycles. The first kappa shape index (κ1) is 17.3. The van der Waals surface area contributed by atoms with Crippen LogP contribution in [0.15, 0.2) is 36.7 Å². The van der Waals surface area contributed by atoms with Crippen molar-refractivity contribution >= 4 is 34.6 Å². The third-order valence-corrected chi connectivity index (χ3v) is 4.55. The standard InChI is InChI=1S/C19H18ClN3O2/c1-11-15(9-22-18(17(11)20)19(2,3)25)13-5-4-12-7-16(23-10-24)21-8-14(12)6-13/h4-10,25H,1-3H3,(H,21,23,24). The first-order valence-electron chi connectivity index (χ1n) is 7.79. The molecule has 0 bridgehead atoms. The van der Waals surface area contributed by atoms with Gasteiger partial charge >= 0.3 is 0 Å². The highest BCUT2D eigenvalue weighted by Crippen LogP contribution is 2.35. The number of aliphatic hydroxyl groups is 1. The maximum Gasteiger partial charge on any atom is 0.212 e. The molecule has 0 spiro atoms. The van der Waals surface area contributed by atoms with E-state index in [1.54, 1.807) is 26.2 Å². The predicted molar refractivity (Wildman–Crippen MR) is 99.7 cm³/mol. The molecular weight excluding hydrogens is 338 g/mol. The molecule has 0 aliphatic carbocycles. The van der Waals surface area contributed by atoms with Crippen LogP contribution in [0.3, 0.4) is 0 Å². The van der Waals surface area contributed by atoms with Gasteiger partial charge in [-0.1, -0.05) is 23.7 Å². The second-order valence-electron chi connectivity index (χ2n) is 6.41. The zero-order chi connectivity index (χ0) is 18.2. The topological polar surface area (TPSA) is 75.1 Å². The number of halogens is 1. The molecule has 0 fully saturated rings. The van der Waals surface area contributed by atoms with E-state index >= 15 is 0 Å². The van der Waals surface area contributed by atoms with Crippen LogP contribution in [0, 0.1) is 6.92 Å². The lowest BCUT2D eigenvalue weighted by atomic mass is 9.96. The molecule has 128 valence electrons. The number of fused-ring (bicyclic) bond motifs is 1. The van der Waals surface area contributed by atoms with Gasteiger partial charge < -0.3 is 10.4 Å². The Hall–Kier alpha value is -2.50. The number of carbonyl (C=O) groups excluding carboxylic acids is 1. The van der Waals surface area contributed by atoms with Crippen molar-refractivity contribution in [2.24, 2.45) is 0 Å². The fourth-order valence-electron chi connectivity index (χ4n) is 2.74. The molecule has 0 saturated carbocycles. The van der Waals surface area contributed by atoms with E-state index in [-0.39, 0.29) is 0 Å². The summed E-state index contributed by atoms with van der Waals surface area (Å²) in [5.41, 5.74) is 2.08. The summed E-state index contributed by atoms with van der Waals surface area (Å²) in [5.74, 6) is 0.505. The smallest absolute Gasteiger partial charge is 0.212 e. The van der Waals surface area contributed by atoms with Crippen molar-refractivity contribution in [3.8, 4) is 11.1 Å². The van der Waals surface area contributed by atoms with Crippen LogP contribution >= 0.6 is 11.6 Å². The minimum absolute atomic E-state index is 0.461. The number of hydrogen-bond donors (Lipinski definition) is 2. The molecule has 25 heavy (non-hydrogen) atoms. The maximum atomic E-state index is 10.5. The van der Waals surface area contributed by atoms with Gasteiger partial charge in [-0.25, -0.2) is 4.98 Å². The number of carbonyl (C=O) groups is 1. The van der Waals surface area contributed by atoms with Crippen molar-refractivity contribution in [1.82, 2.24) is 9.97 Å². The number of amides is 1. The van der Waals surface area contributed by atoms with Gasteiger partial charge in [0.2, 0.25) is 6.41 Å². The minimum Gasteiger partial charge on any atom is -0.384 e. The molecule has 6 heteroatoms. The number of hydrogen-bond acceptors (Lipinski definition) is 4. The number of rotatable bonds is 4. The first-order chi connectivity index (χ1) is 11.8. The van der Waals surface area contributed by atoms with E-state index in [4.69, 9.17) is 11.6 Å². The van der Waals surface area contributed by atoms with Crippen LogP contribution in [0.2, 0.25) is 5.02 Å². The van der Waals surface area contributed by atoms with Crippen LogP contribution in [0.4, 0.5) is 5.82 Å². The normalized spacial score (nSPS) is 11.6. The predicted octanol–water partition coefficient (Wildman–Crippen LogP) is 4.05. The lowest BCUT2D eigenvalue weighted by molar-refractivity contribution is -0.105. The first-order valence-corrected chi connectivity index (χ1v) is 8.17. The molecule has 2 aromatic heterocycles. The highest BCUT2D eigenvalue weighted by Gasteiger charge is 2.23. The molecule has 0 radical (unpaired) electrons. The second kappa shape index (κ2) is 6.43. The van der Waals surface area contributed by atoms with Crippen molar-refractivity contribution in [2.45, 2.75) is 26.4 Å². The third-order valence-electron chi connectivity index (χ3n) is 4.08. The molecule has 1 aromatic carbocycles. The third kappa shape index (κ3) is 3.34. The SMILES string of the molecule is Cc1c(-c2ccc3cc(NC=O)ncc3c2)cnc(C(C)(C)O)c1Cl. The molecule has 3 rings (SSSR count). The van der Waals surface area contributed by atoms with Crippen LogP contribution in [0.25, 0.3) is 21.9 Å². The van der Waals surface area contributed by atoms with E-state index in [1.165, 1.54) is 0 Å². The molecule has 0 atom stereocenters. The van der Waals surface area contributed by atoms with Gasteiger partial charge in [0, 0.05) is 23.3 Å². The number of benzene rings is 1. The summed E-state index contributed by atoms with van der Waals surface area (Å²) in [7, 11) is 0. The molecule has 0 unspecified atom stereocenters. The summed E-state index contributed by atoms with van der Waals surface area (Å²) in [4.78, 5) is 19.1. The average molecular weight is 356 g/mol. The molecule has 2 N–H and O–H groups in total. The van der Waals surface area contributed by atoms with E-state index < -0.39 is 5.60 Å². The highest BCUT2D eigenvalue weighted by molar-refractivity contribution is 6.32. The summed E-state index contributed by atoms with van der Waals surface area (Å²) in [6, 6.07) is 7.73. The Bertz CT molecular complexity index is 965. The quantitative estimate of drug-likeness (QED) is 0.692. The van der Waals surface area contributed by atoms with E-state index in [0.717, 1.165) is 27.5 Å². The molecule has 5 nitrogen and oxygen atoms in total. The Morgan fingerprint density at radius 1 is 1.16 bits per heavy atom. The molecule has 0 aliphatic heterocycles. The fraction of sp³-hybridized carbons (Fsp3) is 0.211. The summed E-state index contributed by atoms with van der Waals surface area (Å²) in [6.45, 7) is 5.23. The van der Waals surface area contributed by atoms with Gasteiger partial charge in [-0.15, -0.1) is 0 Å². The summed E-state index contributed by atoms with van der Waals surface area (Å²) in [5, 5.41) is 15.1. The maximum absolute atomic E-state index is 10.5. The van der Waals surface area contributed by atoms with Gasteiger partial charge in [-0.05, 0) is 49.4 Å². The van der Waals surface area contributed by atoms with E-state index in [2.05, 4.69) is 15.3 Å². The summed E-state index contributed by atoms with van der Waals surface area (Å²) in [6.07, 6.45) is 4.04. The molecule has 2 heterocycles. The average Bonchev–Trinajstić information content (AvgIpc) is 2.56. The lowest BCUT2D eigenvalue weighted by Crippen LogP contribution is -2.18. The Balaban J connectivity index is 2.09. The fourth-order valence-corrected chi connectivity index (χ4v) is 3.13. The van der Waals surface area contributed by atoms with Crippen molar-refractivity contribution in [3.63, 3.8) is 0 Å². The summed E-state index contributed by atoms with van der Waals surface area (Å²) >= 11 is 6.43. The Labute approximate surface area is 150 Å². The van der Waals surface area contributed by atoms with Crippen LogP contribution < -0.4 is 5.32 Å². The summed E-state index contributed by atoms with van der Waals surface area (Å²) < 4.78 is 0.